The van der Waals surface area contributed by atoms with Crippen LogP contribution in [-0.4, -0.2) is 23.4 Å². The fourth-order valence-corrected chi connectivity index (χ4v) is 2.11. The van der Waals surface area contributed by atoms with E-state index in [0.29, 0.717) is 5.02 Å². The molecule has 9 heteroatoms. The van der Waals surface area contributed by atoms with E-state index in [9.17, 15) is 9.59 Å². The van der Waals surface area contributed by atoms with Gasteiger partial charge in [0.2, 0.25) is 0 Å². The number of benzene rings is 1. The maximum absolute atomic E-state index is 11.5. The molecule has 0 aliphatic heterocycles. The summed E-state index contributed by atoms with van der Waals surface area (Å²) in [6, 6.07) is 2.72. The molecule has 0 atom stereocenters. The van der Waals surface area contributed by atoms with Crippen molar-refractivity contribution in [2.24, 2.45) is 0 Å². The minimum Gasteiger partial charge on any atom is -0.460 e. The molecule has 21 heavy (non-hydrogen) atoms. The van der Waals surface area contributed by atoms with Gasteiger partial charge in [-0.05, 0) is 12.1 Å². The van der Waals surface area contributed by atoms with Crippen molar-refractivity contribution < 1.29 is 19.1 Å². The van der Waals surface area contributed by atoms with E-state index in [4.69, 9.17) is 62.7 Å². The lowest BCUT2D eigenvalue weighted by Crippen LogP contribution is -2.10. The lowest BCUT2D eigenvalue weighted by Gasteiger charge is -2.06. The fraction of sp³-hybridized carbons (Fsp3) is 0.167. The minimum atomic E-state index is -0.869. The first-order valence-electron chi connectivity index (χ1n) is 5.29. The van der Waals surface area contributed by atoms with Crippen LogP contribution in [0, 0.1) is 0 Å². The van der Waals surface area contributed by atoms with Crippen LogP contribution in [-0.2, 0) is 14.3 Å². The first-order valence-corrected chi connectivity index (χ1v) is 7.29. The van der Waals surface area contributed by atoms with Crippen molar-refractivity contribution in [1.82, 2.24) is 0 Å². The second-order valence-corrected chi connectivity index (χ2v) is 6.00. The number of rotatable bonds is 5. The highest BCUT2D eigenvalue weighted by Crippen LogP contribution is 2.35. The zero-order chi connectivity index (χ0) is 16.0. The Hall–Kier alpha value is -0.650. The highest BCUT2D eigenvalue weighted by molar-refractivity contribution is 6.44. The van der Waals surface area contributed by atoms with Crippen LogP contribution in [0.1, 0.15) is 0 Å². The van der Waals surface area contributed by atoms with Gasteiger partial charge in [0.05, 0.1) is 10.0 Å². The molecule has 0 heterocycles. The van der Waals surface area contributed by atoms with E-state index in [2.05, 4.69) is 4.74 Å². The standard InChI is InChI=1S/C12H7Cl5O4/c13-6-3-7(14)12(8(15)4-6)21-11(19)2-1-10(18)20-5-9(16)17/h1-4,9H,5H2/b2-1+. The Morgan fingerprint density at radius 2 is 1.57 bits per heavy atom. The molecule has 0 aliphatic carbocycles. The van der Waals surface area contributed by atoms with Crippen LogP contribution in [0.4, 0.5) is 0 Å². The molecule has 0 unspecified atom stereocenters. The van der Waals surface area contributed by atoms with Crippen molar-refractivity contribution in [2.75, 3.05) is 6.61 Å². The fourth-order valence-electron chi connectivity index (χ4n) is 1.09. The second-order valence-electron chi connectivity index (χ2n) is 3.47. The summed E-state index contributed by atoms with van der Waals surface area (Å²) in [5, 5.41) is 0.411. The van der Waals surface area contributed by atoms with Crippen LogP contribution in [0.15, 0.2) is 24.3 Å². The molecule has 0 aliphatic rings. The maximum Gasteiger partial charge on any atom is 0.336 e. The number of hydrogen-bond acceptors (Lipinski definition) is 4. The summed E-state index contributed by atoms with van der Waals surface area (Å²) in [4.78, 5) is 21.9. The summed E-state index contributed by atoms with van der Waals surface area (Å²) in [5.41, 5.74) is 0. The number of halogens is 5. The first kappa shape index (κ1) is 18.4. The number of carbonyl (C=O) groups excluding carboxylic acids is 2. The Bertz CT molecular complexity index is 548. The van der Waals surface area contributed by atoms with Gasteiger partial charge in [-0.2, -0.15) is 0 Å². The highest BCUT2D eigenvalue weighted by Gasteiger charge is 2.12. The van der Waals surface area contributed by atoms with E-state index in [-0.39, 0.29) is 22.4 Å². The third-order valence-electron chi connectivity index (χ3n) is 1.87. The van der Waals surface area contributed by atoms with Crippen LogP contribution in [0.2, 0.25) is 15.1 Å². The van der Waals surface area contributed by atoms with E-state index >= 15 is 0 Å². The second kappa shape index (κ2) is 8.71. The molecule has 0 spiro atoms. The zero-order valence-corrected chi connectivity index (χ0v) is 13.9. The molecule has 0 amide bonds. The number of alkyl halides is 2. The van der Waals surface area contributed by atoms with Gasteiger partial charge < -0.3 is 9.47 Å². The normalized spacial score (nSPS) is 11.0. The van der Waals surface area contributed by atoms with E-state index in [1.54, 1.807) is 0 Å². The van der Waals surface area contributed by atoms with Crippen LogP contribution in [0.3, 0.4) is 0 Å². The van der Waals surface area contributed by atoms with Crippen molar-refractivity contribution in [3.05, 3.63) is 39.4 Å². The summed E-state index contributed by atoms with van der Waals surface area (Å²) in [6.45, 7) is -0.198. The lowest BCUT2D eigenvalue weighted by atomic mass is 10.3. The summed E-state index contributed by atoms with van der Waals surface area (Å²) < 4.78 is 9.50. The topological polar surface area (TPSA) is 52.6 Å². The summed E-state index contributed by atoms with van der Waals surface area (Å²) in [5.74, 6) is -1.73. The molecule has 1 rings (SSSR count). The van der Waals surface area contributed by atoms with E-state index < -0.39 is 16.8 Å². The SMILES string of the molecule is O=C(/C=C/C(=O)Oc1c(Cl)cc(Cl)cc1Cl)OCC(Cl)Cl. The molecule has 0 N–H and O–H groups in total. The number of esters is 2. The lowest BCUT2D eigenvalue weighted by molar-refractivity contribution is -0.138. The molecule has 0 aromatic heterocycles. The van der Waals surface area contributed by atoms with Gasteiger partial charge in [0.1, 0.15) is 11.4 Å². The third-order valence-corrected chi connectivity index (χ3v) is 2.90. The van der Waals surface area contributed by atoms with Crippen LogP contribution in [0.25, 0.3) is 0 Å². The Labute approximate surface area is 145 Å². The average molecular weight is 392 g/mol. The predicted octanol–water partition coefficient (Wildman–Crippen LogP) is 4.46. The molecule has 1 aromatic carbocycles. The maximum atomic E-state index is 11.5. The first-order chi connectivity index (χ1) is 9.79. The van der Waals surface area contributed by atoms with Crippen molar-refractivity contribution in [1.29, 1.82) is 0 Å². The van der Waals surface area contributed by atoms with E-state index in [1.165, 1.54) is 12.1 Å². The molecule has 0 saturated carbocycles. The predicted molar refractivity (Wildman–Crippen MR) is 82.7 cm³/mol. The monoisotopic (exact) mass is 390 g/mol. The molecule has 1 aromatic rings. The largest absolute Gasteiger partial charge is 0.460 e. The van der Waals surface area contributed by atoms with Gasteiger partial charge in [-0.15, -0.1) is 23.2 Å². The molecule has 0 fully saturated rings. The zero-order valence-electron chi connectivity index (χ0n) is 10.1. The molecule has 0 saturated heterocycles. The summed E-state index contributed by atoms with van der Waals surface area (Å²) >= 11 is 28.1. The van der Waals surface area contributed by atoms with Crippen molar-refractivity contribution in [3.63, 3.8) is 0 Å². The van der Waals surface area contributed by atoms with E-state index in [1.807, 2.05) is 0 Å². The Balaban J connectivity index is 2.64. The van der Waals surface area contributed by atoms with Crippen molar-refractivity contribution in [3.8, 4) is 5.75 Å². The number of hydrogen-bond donors (Lipinski definition) is 0. The van der Waals surface area contributed by atoms with Crippen molar-refractivity contribution in [2.45, 2.75) is 4.84 Å². The van der Waals surface area contributed by atoms with Crippen LogP contribution in [0.5, 0.6) is 5.75 Å². The smallest absolute Gasteiger partial charge is 0.336 e. The molecule has 114 valence electrons. The van der Waals surface area contributed by atoms with E-state index in [0.717, 1.165) is 12.2 Å². The van der Waals surface area contributed by atoms with Gasteiger partial charge in [-0.25, -0.2) is 9.59 Å². The van der Waals surface area contributed by atoms with Crippen LogP contribution < -0.4 is 4.74 Å². The van der Waals surface area contributed by atoms with Gasteiger partial charge in [-0.1, -0.05) is 34.8 Å². The molecule has 0 bridgehead atoms. The number of carbonyl (C=O) groups is 2. The molecular weight excluding hydrogens is 385 g/mol. The quantitative estimate of drug-likeness (QED) is 0.321. The number of ether oxygens (including phenoxy) is 2. The van der Waals surface area contributed by atoms with Gasteiger partial charge >= 0.3 is 11.9 Å². The minimum absolute atomic E-state index is 0.0592. The molecule has 0 radical (unpaired) electrons. The Morgan fingerprint density at radius 3 is 2.10 bits per heavy atom. The summed E-state index contributed by atoms with van der Waals surface area (Å²) in [6.07, 6.45) is 1.71. The highest BCUT2D eigenvalue weighted by atomic mass is 35.5. The third kappa shape index (κ3) is 6.76. The van der Waals surface area contributed by atoms with Gasteiger partial charge in [0.25, 0.3) is 0 Å². The summed E-state index contributed by atoms with van der Waals surface area (Å²) in [7, 11) is 0. The molecular formula is C12H7Cl5O4. The Morgan fingerprint density at radius 1 is 1.05 bits per heavy atom. The van der Waals surface area contributed by atoms with Gasteiger partial charge in [0.15, 0.2) is 5.75 Å². The van der Waals surface area contributed by atoms with Gasteiger partial charge in [-0.3, -0.25) is 0 Å². The average Bonchev–Trinajstić information content (AvgIpc) is 2.38. The molecule has 4 nitrogen and oxygen atoms in total. The van der Waals surface area contributed by atoms with Crippen molar-refractivity contribution >= 4 is 69.9 Å². The van der Waals surface area contributed by atoms with Gasteiger partial charge in [0, 0.05) is 17.2 Å². The van der Waals surface area contributed by atoms with Crippen LogP contribution >= 0.6 is 58.0 Å². The Kier molecular flexibility index (Phi) is 7.63.